The van der Waals surface area contributed by atoms with Gasteiger partial charge in [0, 0.05) is 11.7 Å². The van der Waals surface area contributed by atoms with Crippen LogP contribution in [0.1, 0.15) is 52.5 Å². The van der Waals surface area contributed by atoms with Gasteiger partial charge in [-0.1, -0.05) is 26.0 Å². The zero-order valence-electron chi connectivity index (χ0n) is 13.6. The minimum Gasteiger partial charge on any atom is -0.399 e. The van der Waals surface area contributed by atoms with E-state index >= 15 is 0 Å². The molecular formula is C18H28N2O. The number of carbonyl (C=O) groups is 1. The summed E-state index contributed by atoms with van der Waals surface area (Å²) in [6, 6.07) is 7.91. The van der Waals surface area contributed by atoms with Gasteiger partial charge < -0.3 is 11.1 Å². The normalized spacial score (nSPS) is 26.4. The summed E-state index contributed by atoms with van der Waals surface area (Å²) in [6.45, 7) is 8.50. The standard InChI is InChI=1S/C18H28N2O/c1-12-5-10-16(13(2)11-12)20-17(21)18(3,4)14-6-8-15(19)9-7-14/h6-9,12-13,16H,5,10-11,19H2,1-4H3,(H,20,21). The molecule has 1 aromatic carbocycles. The molecule has 3 heteroatoms. The number of nitrogen functional groups attached to an aromatic ring is 1. The Bertz CT molecular complexity index is 492. The van der Waals surface area contributed by atoms with E-state index in [4.69, 9.17) is 5.73 Å². The average molecular weight is 288 g/mol. The first kappa shape index (κ1) is 15.9. The van der Waals surface area contributed by atoms with Crippen LogP contribution < -0.4 is 11.1 Å². The van der Waals surface area contributed by atoms with Crippen LogP contribution in [-0.4, -0.2) is 11.9 Å². The fraction of sp³-hybridized carbons (Fsp3) is 0.611. The number of nitrogens with two attached hydrogens (primary N) is 1. The summed E-state index contributed by atoms with van der Waals surface area (Å²) in [6.07, 6.45) is 3.50. The lowest BCUT2D eigenvalue weighted by atomic mass is 9.78. The van der Waals surface area contributed by atoms with Crippen molar-refractivity contribution in [1.29, 1.82) is 0 Å². The largest absolute Gasteiger partial charge is 0.399 e. The van der Waals surface area contributed by atoms with Crippen LogP contribution in [0.2, 0.25) is 0 Å². The van der Waals surface area contributed by atoms with Gasteiger partial charge in [0.2, 0.25) is 5.91 Å². The summed E-state index contributed by atoms with van der Waals surface area (Å²) < 4.78 is 0. The van der Waals surface area contributed by atoms with Crippen molar-refractivity contribution in [3.05, 3.63) is 29.8 Å². The summed E-state index contributed by atoms with van der Waals surface area (Å²) in [5.74, 6) is 1.44. The minimum absolute atomic E-state index is 0.110. The second-order valence-corrected chi connectivity index (χ2v) is 7.22. The Labute approximate surface area is 128 Å². The van der Waals surface area contributed by atoms with Crippen LogP contribution in [0, 0.1) is 11.8 Å². The van der Waals surface area contributed by atoms with Crippen molar-refractivity contribution in [2.24, 2.45) is 11.8 Å². The van der Waals surface area contributed by atoms with E-state index in [0.717, 1.165) is 23.6 Å². The number of amides is 1. The van der Waals surface area contributed by atoms with Crippen LogP contribution in [0.15, 0.2) is 24.3 Å². The molecule has 0 aliphatic heterocycles. The first-order valence-electron chi connectivity index (χ1n) is 7.97. The Morgan fingerprint density at radius 2 is 1.81 bits per heavy atom. The number of rotatable bonds is 3. The maximum absolute atomic E-state index is 12.7. The van der Waals surface area contributed by atoms with Gasteiger partial charge in [-0.2, -0.15) is 0 Å². The van der Waals surface area contributed by atoms with Crippen molar-refractivity contribution < 1.29 is 4.79 Å². The smallest absolute Gasteiger partial charge is 0.230 e. The molecule has 3 unspecified atom stereocenters. The number of nitrogens with one attached hydrogen (secondary N) is 1. The fourth-order valence-electron chi connectivity index (χ4n) is 3.26. The quantitative estimate of drug-likeness (QED) is 0.837. The van der Waals surface area contributed by atoms with E-state index in [1.54, 1.807) is 0 Å². The highest BCUT2D eigenvalue weighted by atomic mass is 16.2. The van der Waals surface area contributed by atoms with Gasteiger partial charge in [-0.05, 0) is 62.6 Å². The number of hydrogen-bond acceptors (Lipinski definition) is 2. The molecule has 1 saturated carbocycles. The third-order valence-corrected chi connectivity index (χ3v) is 4.95. The zero-order valence-corrected chi connectivity index (χ0v) is 13.6. The Balaban J connectivity index is 2.06. The van der Waals surface area contributed by atoms with Gasteiger partial charge in [0.25, 0.3) is 0 Å². The third kappa shape index (κ3) is 3.58. The molecule has 2 rings (SSSR count). The fourth-order valence-corrected chi connectivity index (χ4v) is 3.26. The molecule has 1 aromatic rings. The van der Waals surface area contributed by atoms with E-state index in [0.29, 0.717) is 12.0 Å². The van der Waals surface area contributed by atoms with Crippen LogP contribution in [0.3, 0.4) is 0 Å². The van der Waals surface area contributed by atoms with Crippen LogP contribution in [0.25, 0.3) is 0 Å². The molecule has 3 nitrogen and oxygen atoms in total. The molecule has 1 aliphatic carbocycles. The van der Waals surface area contributed by atoms with E-state index in [9.17, 15) is 4.79 Å². The van der Waals surface area contributed by atoms with E-state index in [-0.39, 0.29) is 5.91 Å². The van der Waals surface area contributed by atoms with Crippen LogP contribution >= 0.6 is 0 Å². The lowest BCUT2D eigenvalue weighted by molar-refractivity contribution is -0.127. The third-order valence-electron chi connectivity index (χ3n) is 4.95. The summed E-state index contributed by atoms with van der Waals surface area (Å²) in [5, 5.41) is 3.27. The Morgan fingerprint density at radius 1 is 1.19 bits per heavy atom. The number of carbonyl (C=O) groups excluding carboxylic acids is 1. The van der Waals surface area contributed by atoms with E-state index in [2.05, 4.69) is 19.2 Å². The second-order valence-electron chi connectivity index (χ2n) is 7.22. The van der Waals surface area contributed by atoms with E-state index < -0.39 is 5.41 Å². The molecule has 0 saturated heterocycles. The number of anilines is 1. The molecule has 0 heterocycles. The molecule has 1 aliphatic rings. The van der Waals surface area contributed by atoms with Crippen molar-refractivity contribution in [2.75, 3.05) is 5.73 Å². The summed E-state index contributed by atoms with van der Waals surface area (Å²) >= 11 is 0. The Morgan fingerprint density at radius 3 is 2.38 bits per heavy atom. The SMILES string of the molecule is CC1CCC(NC(=O)C(C)(C)c2ccc(N)cc2)C(C)C1. The van der Waals surface area contributed by atoms with Crippen molar-refractivity contribution >= 4 is 11.6 Å². The van der Waals surface area contributed by atoms with Crippen molar-refractivity contribution in [3.8, 4) is 0 Å². The highest BCUT2D eigenvalue weighted by molar-refractivity contribution is 5.87. The predicted molar refractivity (Wildman–Crippen MR) is 88.0 cm³/mol. The zero-order chi connectivity index (χ0) is 15.6. The highest BCUT2D eigenvalue weighted by Crippen LogP contribution is 2.30. The van der Waals surface area contributed by atoms with E-state index in [1.807, 2.05) is 38.1 Å². The molecule has 0 spiro atoms. The number of hydrogen-bond donors (Lipinski definition) is 2. The molecule has 21 heavy (non-hydrogen) atoms. The summed E-state index contributed by atoms with van der Waals surface area (Å²) in [7, 11) is 0. The first-order valence-corrected chi connectivity index (χ1v) is 7.97. The average Bonchev–Trinajstić information content (AvgIpc) is 2.42. The van der Waals surface area contributed by atoms with Crippen molar-refractivity contribution in [3.63, 3.8) is 0 Å². The number of benzene rings is 1. The molecule has 3 atom stereocenters. The minimum atomic E-state index is -0.531. The second kappa shape index (κ2) is 6.08. The van der Waals surface area contributed by atoms with Crippen LogP contribution in [0.4, 0.5) is 5.69 Å². The van der Waals surface area contributed by atoms with Crippen molar-refractivity contribution in [1.82, 2.24) is 5.32 Å². The first-order chi connectivity index (χ1) is 9.80. The Kier molecular flexibility index (Phi) is 4.60. The van der Waals surface area contributed by atoms with Gasteiger partial charge in [0.15, 0.2) is 0 Å². The molecule has 1 fully saturated rings. The molecule has 0 bridgehead atoms. The molecule has 1 amide bonds. The van der Waals surface area contributed by atoms with Crippen LogP contribution in [0.5, 0.6) is 0 Å². The predicted octanol–water partition coefficient (Wildman–Crippen LogP) is 3.49. The van der Waals surface area contributed by atoms with Crippen molar-refractivity contribution in [2.45, 2.75) is 58.4 Å². The lowest BCUT2D eigenvalue weighted by Gasteiger charge is -2.35. The maximum atomic E-state index is 12.7. The van der Waals surface area contributed by atoms with Gasteiger partial charge in [-0.15, -0.1) is 0 Å². The van der Waals surface area contributed by atoms with Gasteiger partial charge >= 0.3 is 0 Å². The molecule has 3 N–H and O–H groups in total. The van der Waals surface area contributed by atoms with Gasteiger partial charge in [0.05, 0.1) is 5.41 Å². The summed E-state index contributed by atoms with van der Waals surface area (Å²) in [4.78, 5) is 12.7. The highest BCUT2D eigenvalue weighted by Gasteiger charge is 2.34. The Hall–Kier alpha value is -1.51. The molecular weight excluding hydrogens is 260 g/mol. The topological polar surface area (TPSA) is 55.1 Å². The van der Waals surface area contributed by atoms with Crippen LogP contribution in [-0.2, 0) is 10.2 Å². The molecule has 0 radical (unpaired) electrons. The van der Waals surface area contributed by atoms with Gasteiger partial charge in [-0.3, -0.25) is 4.79 Å². The van der Waals surface area contributed by atoms with Gasteiger partial charge in [-0.25, -0.2) is 0 Å². The van der Waals surface area contributed by atoms with E-state index in [1.165, 1.54) is 12.8 Å². The monoisotopic (exact) mass is 288 g/mol. The molecule has 116 valence electrons. The molecule has 0 aromatic heterocycles. The maximum Gasteiger partial charge on any atom is 0.230 e. The summed E-state index contributed by atoms with van der Waals surface area (Å²) in [5.41, 5.74) is 6.93. The lowest BCUT2D eigenvalue weighted by Crippen LogP contribution is -2.49. The van der Waals surface area contributed by atoms with Gasteiger partial charge in [0.1, 0.15) is 0 Å².